The van der Waals surface area contributed by atoms with Crippen LogP contribution in [0.5, 0.6) is 0 Å². The minimum atomic E-state index is -0.283. The van der Waals surface area contributed by atoms with E-state index in [2.05, 4.69) is 10.6 Å². The number of nitriles is 1. The first kappa shape index (κ1) is 16.2. The second-order valence-electron chi connectivity index (χ2n) is 5.09. The molecule has 5 nitrogen and oxygen atoms in total. The topological polar surface area (TPSA) is 82.0 Å². The Labute approximate surface area is 134 Å². The van der Waals surface area contributed by atoms with Gasteiger partial charge in [-0.3, -0.25) is 9.59 Å². The fourth-order valence-corrected chi connectivity index (χ4v) is 2.10. The highest BCUT2D eigenvalue weighted by atomic mass is 16.2. The van der Waals surface area contributed by atoms with Gasteiger partial charge in [-0.05, 0) is 36.2 Å². The van der Waals surface area contributed by atoms with E-state index < -0.39 is 0 Å². The highest BCUT2D eigenvalue weighted by Gasteiger charge is 2.09. The molecule has 0 unspecified atom stereocenters. The smallest absolute Gasteiger partial charge is 0.251 e. The molecule has 2 aromatic rings. The van der Waals surface area contributed by atoms with Gasteiger partial charge in [-0.15, -0.1) is 0 Å². The molecule has 0 radical (unpaired) electrons. The second kappa shape index (κ2) is 7.76. The predicted molar refractivity (Wildman–Crippen MR) is 86.5 cm³/mol. The Kier molecular flexibility index (Phi) is 5.48. The van der Waals surface area contributed by atoms with E-state index in [-0.39, 0.29) is 18.4 Å². The number of amides is 2. The van der Waals surface area contributed by atoms with Gasteiger partial charge in [0.1, 0.15) is 0 Å². The van der Waals surface area contributed by atoms with E-state index in [1.807, 2.05) is 31.2 Å². The molecule has 0 saturated heterocycles. The molecule has 0 aliphatic heterocycles. The van der Waals surface area contributed by atoms with Crippen molar-refractivity contribution in [1.29, 1.82) is 5.26 Å². The number of carbonyl (C=O) groups excluding carboxylic acids is 2. The van der Waals surface area contributed by atoms with Crippen molar-refractivity contribution in [2.24, 2.45) is 0 Å². The van der Waals surface area contributed by atoms with Crippen molar-refractivity contribution in [3.05, 3.63) is 70.8 Å². The Bertz CT molecular complexity index is 763. The Morgan fingerprint density at radius 3 is 2.61 bits per heavy atom. The monoisotopic (exact) mass is 307 g/mol. The lowest BCUT2D eigenvalue weighted by Crippen LogP contribution is -2.36. The number of rotatable bonds is 5. The fourth-order valence-electron chi connectivity index (χ4n) is 2.10. The quantitative estimate of drug-likeness (QED) is 0.885. The van der Waals surface area contributed by atoms with Gasteiger partial charge in [-0.1, -0.05) is 30.3 Å². The number of benzene rings is 2. The zero-order chi connectivity index (χ0) is 16.7. The molecule has 0 bridgehead atoms. The molecule has 23 heavy (non-hydrogen) atoms. The van der Waals surface area contributed by atoms with Crippen LogP contribution in [-0.2, 0) is 11.3 Å². The summed E-state index contributed by atoms with van der Waals surface area (Å²) in [6.07, 6.45) is 0. The van der Waals surface area contributed by atoms with Crippen LogP contribution in [0.15, 0.2) is 48.5 Å². The van der Waals surface area contributed by atoms with Crippen LogP contribution < -0.4 is 10.6 Å². The largest absolute Gasteiger partial charge is 0.350 e. The maximum Gasteiger partial charge on any atom is 0.251 e. The van der Waals surface area contributed by atoms with Gasteiger partial charge in [-0.2, -0.15) is 5.26 Å². The zero-order valence-electron chi connectivity index (χ0n) is 12.8. The van der Waals surface area contributed by atoms with Crippen molar-refractivity contribution >= 4 is 11.8 Å². The molecule has 0 aromatic heterocycles. The first-order chi connectivity index (χ1) is 11.1. The highest BCUT2D eigenvalue weighted by molar-refractivity contribution is 5.97. The minimum absolute atomic E-state index is 0.0922. The van der Waals surface area contributed by atoms with Crippen LogP contribution in [0.1, 0.15) is 27.0 Å². The van der Waals surface area contributed by atoms with E-state index in [1.165, 1.54) is 0 Å². The molecule has 0 heterocycles. The van der Waals surface area contributed by atoms with Crippen LogP contribution >= 0.6 is 0 Å². The van der Waals surface area contributed by atoms with E-state index in [0.717, 1.165) is 11.1 Å². The first-order valence-corrected chi connectivity index (χ1v) is 7.19. The number of hydrogen-bond donors (Lipinski definition) is 2. The third kappa shape index (κ3) is 4.68. The third-order valence-corrected chi connectivity index (χ3v) is 3.34. The molecular formula is C18H17N3O2. The maximum atomic E-state index is 12.0. The van der Waals surface area contributed by atoms with Gasteiger partial charge < -0.3 is 10.6 Å². The van der Waals surface area contributed by atoms with Crippen molar-refractivity contribution in [2.75, 3.05) is 6.54 Å². The number of nitrogens with zero attached hydrogens (tertiary/aromatic N) is 1. The van der Waals surface area contributed by atoms with E-state index in [0.29, 0.717) is 17.7 Å². The van der Waals surface area contributed by atoms with E-state index >= 15 is 0 Å². The first-order valence-electron chi connectivity index (χ1n) is 7.19. The predicted octanol–water partition coefficient (Wildman–Crippen LogP) is 1.91. The van der Waals surface area contributed by atoms with Crippen LogP contribution in [0.3, 0.4) is 0 Å². The lowest BCUT2D eigenvalue weighted by Gasteiger charge is -2.08. The van der Waals surface area contributed by atoms with Gasteiger partial charge in [0.05, 0.1) is 18.2 Å². The van der Waals surface area contributed by atoms with Crippen LogP contribution in [-0.4, -0.2) is 18.4 Å². The van der Waals surface area contributed by atoms with E-state index in [1.54, 1.807) is 30.3 Å². The van der Waals surface area contributed by atoms with Crippen LogP contribution in [0.4, 0.5) is 0 Å². The molecule has 2 rings (SSSR count). The Morgan fingerprint density at radius 1 is 1.09 bits per heavy atom. The van der Waals surface area contributed by atoms with Crippen molar-refractivity contribution < 1.29 is 9.59 Å². The number of nitrogens with one attached hydrogen (secondary N) is 2. The van der Waals surface area contributed by atoms with Gasteiger partial charge in [0.15, 0.2) is 0 Å². The Balaban J connectivity index is 1.82. The summed E-state index contributed by atoms with van der Waals surface area (Å²) in [5.74, 6) is -0.556. The lowest BCUT2D eigenvalue weighted by atomic mass is 10.1. The normalized spacial score (nSPS) is 9.74. The summed E-state index contributed by atoms with van der Waals surface area (Å²) in [5.41, 5.74) is 2.80. The number of aryl methyl sites for hydroxylation is 1. The molecular weight excluding hydrogens is 290 g/mol. The zero-order valence-corrected chi connectivity index (χ0v) is 12.8. The summed E-state index contributed by atoms with van der Waals surface area (Å²) in [4.78, 5) is 23.8. The van der Waals surface area contributed by atoms with Crippen molar-refractivity contribution in [2.45, 2.75) is 13.5 Å². The van der Waals surface area contributed by atoms with Gasteiger partial charge in [-0.25, -0.2) is 0 Å². The van der Waals surface area contributed by atoms with Crippen LogP contribution in [0.2, 0.25) is 0 Å². The molecule has 116 valence electrons. The molecule has 0 spiro atoms. The summed E-state index contributed by atoms with van der Waals surface area (Å²) in [5, 5.41) is 14.1. The van der Waals surface area contributed by atoms with Gasteiger partial charge in [0, 0.05) is 12.1 Å². The average Bonchev–Trinajstić information content (AvgIpc) is 2.58. The Morgan fingerprint density at radius 2 is 1.87 bits per heavy atom. The van der Waals surface area contributed by atoms with E-state index in [4.69, 9.17) is 5.26 Å². The van der Waals surface area contributed by atoms with Crippen LogP contribution in [0.25, 0.3) is 0 Å². The van der Waals surface area contributed by atoms with Crippen molar-refractivity contribution in [1.82, 2.24) is 10.6 Å². The maximum absolute atomic E-state index is 12.0. The second-order valence-corrected chi connectivity index (χ2v) is 5.09. The molecule has 0 fully saturated rings. The molecule has 5 heteroatoms. The highest BCUT2D eigenvalue weighted by Crippen LogP contribution is 2.06. The molecule has 0 aliphatic rings. The molecule has 0 atom stereocenters. The van der Waals surface area contributed by atoms with E-state index in [9.17, 15) is 9.59 Å². The standard InChI is InChI=1S/C18H17N3O2/c1-13-5-2-3-8-16(13)18(23)21-12-17(22)20-11-15-7-4-6-14(9-15)10-19/h2-9H,11-12H2,1H3,(H,20,22)(H,21,23). The fraction of sp³-hybridized carbons (Fsp3) is 0.167. The van der Waals surface area contributed by atoms with Crippen molar-refractivity contribution in [3.8, 4) is 6.07 Å². The summed E-state index contributed by atoms with van der Waals surface area (Å²) in [7, 11) is 0. The molecule has 2 N–H and O–H groups in total. The summed E-state index contributed by atoms with van der Waals surface area (Å²) in [6.45, 7) is 2.07. The minimum Gasteiger partial charge on any atom is -0.350 e. The molecule has 2 aromatic carbocycles. The van der Waals surface area contributed by atoms with Gasteiger partial charge >= 0.3 is 0 Å². The molecule has 2 amide bonds. The Hall–Kier alpha value is -3.13. The lowest BCUT2D eigenvalue weighted by molar-refractivity contribution is -0.120. The van der Waals surface area contributed by atoms with Crippen LogP contribution in [0, 0.1) is 18.3 Å². The molecule has 0 saturated carbocycles. The summed E-state index contributed by atoms with van der Waals surface area (Å²) >= 11 is 0. The number of carbonyl (C=O) groups is 2. The summed E-state index contributed by atoms with van der Waals surface area (Å²) < 4.78 is 0. The number of hydrogen-bond acceptors (Lipinski definition) is 3. The average molecular weight is 307 g/mol. The molecule has 0 aliphatic carbocycles. The van der Waals surface area contributed by atoms with Gasteiger partial charge in [0.2, 0.25) is 5.91 Å². The van der Waals surface area contributed by atoms with Crippen molar-refractivity contribution in [3.63, 3.8) is 0 Å². The third-order valence-electron chi connectivity index (χ3n) is 3.34. The SMILES string of the molecule is Cc1ccccc1C(=O)NCC(=O)NCc1cccc(C#N)c1. The van der Waals surface area contributed by atoms with Gasteiger partial charge in [0.25, 0.3) is 5.91 Å². The summed E-state index contributed by atoms with van der Waals surface area (Å²) in [6, 6.07) is 16.3.